The van der Waals surface area contributed by atoms with Gasteiger partial charge in [-0.05, 0) is 31.6 Å². The quantitative estimate of drug-likeness (QED) is 0.610. The van der Waals surface area contributed by atoms with Gasteiger partial charge in [-0.15, -0.1) is 0 Å². The molecule has 0 amide bonds. The van der Waals surface area contributed by atoms with Gasteiger partial charge in [-0.1, -0.05) is 36.4 Å². The van der Waals surface area contributed by atoms with Crippen molar-refractivity contribution in [2.45, 2.75) is 20.3 Å². The van der Waals surface area contributed by atoms with Crippen molar-refractivity contribution < 1.29 is 0 Å². The zero-order valence-electron chi connectivity index (χ0n) is 8.17. The highest BCUT2D eigenvalue weighted by Crippen LogP contribution is 2.06. The summed E-state index contributed by atoms with van der Waals surface area (Å²) in [5.74, 6) is 0. The highest BCUT2D eigenvalue weighted by Gasteiger charge is 1.92. The van der Waals surface area contributed by atoms with Crippen LogP contribution in [0, 0.1) is 12.1 Å². The molecule has 0 unspecified atom stereocenters. The van der Waals surface area contributed by atoms with E-state index in [9.17, 15) is 0 Å². The third-order valence-electron chi connectivity index (χ3n) is 1.86. The van der Waals surface area contributed by atoms with Gasteiger partial charge in [0.1, 0.15) is 0 Å². The molecule has 0 aliphatic heterocycles. The van der Waals surface area contributed by atoms with Gasteiger partial charge in [0.15, 0.2) is 0 Å². The minimum atomic E-state index is 0.943. The molecule has 1 aromatic rings. The molecule has 0 atom stereocenters. The van der Waals surface area contributed by atoms with E-state index in [4.69, 9.17) is 0 Å². The number of hydrogen-bond acceptors (Lipinski definition) is 0. The van der Waals surface area contributed by atoms with Crippen molar-refractivity contribution in [3.05, 3.63) is 59.7 Å². The molecule has 0 nitrogen and oxygen atoms in total. The van der Waals surface area contributed by atoms with E-state index in [0.29, 0.717) is 0 Å². The summed E-state index contributed by atoms with van der Waals surface area (Å²) in [7, 11) is 0. The topological polar surface area (TPSA) is 0 Å². The lowest BCUT2D eigenvalue weighted by molar-refractivity contribution is 1.19. The summed E-state index contributed by atoms with van der Waals surface area (Å²) in [6.45, 7) is 4.09. The van der Waals surface area contributed by atoms with Gasteiger partial charge in [0.25, 0.3) is 0 Å². The SMILES string of the molecule is C/C=C\C(=C/C)Cc1c#cccc1. The summed E-state index contributed by atoms with van der Waals surface area (Å²) >= 11 is 0. The number of rotatable bonds is 3. The first-order chi connectivity index (χ1) is 6.36. The molecule has 0 heteroatoms. The van der Waals surface area contributed by atoms with Crippen LogP contribution in [0.15, 0.2) is 42.0 Å². The van der Waals surface area contributed by atoms with Crippen molar-refractivity contribution in [2.75, 3.05) is 0 Å². The average Bonchev–Trinajstić information content (AvgIpc) is 2.19. The first-order valence-corrected chi connectivity index (χ1v) is 4.52. The molecule has 66 valence electrons. The molecule has 0 saturated heterocycles. The largest absolute Gasteiger partial charge is 0.0874 e. The van der Waals surface area contributed by atoms with E-state index in [2.05, 4.69) is 43.4 Å². The Hall–Kier alpha value is -1.48. The molecule has 0 radical (unpaired) electrons. The Balaban J connectivity index is 2.68. The van der Waals surface area contributed by atoms with Crippen molar-refractivity contribution in [1.29, 1.82) is 0 Å². The van der Waals surface area contributed by atoms with E-state index < -0.39 is 0 Å². The number of allylic oxidation sites excluding steroid dienone is 4. The fourth-order valence-corrected chi connectivity index (χ4v) is 1.18. The fourth-order valence-electron chi connectivity index (χ4n) is 1.18. The molecule has 0 heterocycles. The van der Waals surface area contributed by atoms with Crippen LogP contribution < -0.4 is 0 Å². The molecule has 0 fully saturated rings. The molecular formula is C13H14. The van der Waals surface area contributed by atoms with Crippen LogP contribution in [0.2, 0.25) is 0 Å². The molecule has 13 heavy (non-hydrogen) atoms. The zero-order chi connectivity index (χ0) is 9.52. The predicted octanol–water partition coefficient (Wildman–Crippen LogP) is 3.35. The lowest BCUT2D eigenvalue weighted by Gasteiger charge is -1.98. The van der Waals surface area contributed by atoms with E-state index in [1.165, 1.54) is 11.1 Å². The third kappa shape index (κ3) is 3.17. The summed E-state index contributed by atoms with van der Waals surface area (Å²) in [6.07, 6.45) is 7.25. The van der Waals surface area contributed by atoms with E-state index >= 15 is 0 Å². The van der Waals surface area contributed by atoms with E-state index in [1.807, 2.05) is 19.1 Å². The van der Waals surface area contributed by atoms with Crippen molar-refractivity contribution in [2.24, 2.45) is 0 Å². The fraction of sp³-hybridized carbons (Fsp3) is 0.231. The summed E-state index contributed by atoms with van der Waals surface area (Å²) in [4.78, 5) is 0. The van der Waals surface area contributed by atoms with Crippen LogP contribution in [0.25, 0.3) is 0 Å². The van der Waals surface area contributed by atoms with Gasteiger partial charge in [-0.2, -0.15) is 0 Å². The smallest absolute Gasteiger partial charge is 0.00677 e. The summed E-state index contributed by atoms with van der Waals surface area (Å²) in [5.41, 5.74) is 2.51. The summed E-state index contributed by atoms with van der Waals surface area (Å²) in [5, 5.41) is 0. The van der Waals surface area contributed by atoms with Crippen LogP contribution in [-0.2, 0) is 6.42 Å². The third-order valence-corrected chi connectivity index (χ3v) is 1.86. The lowest BCUT2D eigenvalue weighted by Crippen LogP contribution is -1.85. The van der Waals surface area contributed by atoms with Crippen molar-refractivity contribution in [3.8, 4) is 0 Å². The lowest BCUT2D eigenvalue weighted by atomic mass is 10.1. The Morgan fingerprint density at radius 1 is 1.46 bits per heavy atom. The van der Waals surface area contributed by atoms with Crippen LogP contribution in [-0.4, -0.2) is 0 Å². The van der Waals surface area contributed by atoms with Crippen LogP contribution in [0.3, 0.4) is 0 Å². The highest BCUT2D eigenvalue weighted by molar-refractivity contribution is 5.25. The Bertz CT molecular complexity index is 291. The molecular weight excluding hydrogens is 156 g/mol. The molecule has 0 bridgehead atoms. The second kappa shape index (κ2) is 5.22. The second-order valence-electron chi connectivity index (χ2n) is 2.86. The predicted molar refractivity (Wildman–Crippen MR) is 56.4 cm³/mol. The summed E-state index contributed by atoms with van der Waals surface area (Å²) < 4.78 is 0. The molecule has 0 aliphatic carbocycles. The van der Waals surface area contributed by atoms with Gasteiger partial charge in [0, 0.05) is 12.0 Å². The van der Waals surface area contributed by atoms with Gasteiger partial charge >= 0.3 is 0 Å². The van der Waals surface area contributed by atoms with Crippen LogP contribution >= 0.6 is 0 Å². The highest BCUT2D eigenvalue weighted by atomic mass is 14.0. The monoisotopic (exact) mass is 170 g/mol. The van der Waals surface area contributed by atoms with Gasteiger partial charge in [-0.25, -0.2) is 0 Å². The minimum absolute atomic E-state index is 0.943. The molecule has 0 saturated carbocycles. The maximum Gasteiger partial charge on any atom is 0.00677 e. The summed E-state index contributed by atoms with van der Waals surface area (Å²) in [6, 6.07) is 12.0. The van der Waals surface area contributed by atoms with Crippen molar-refractivity contribution >= 4 is 0 Å². The first-order valence-electron chi connectivity index (χ1n) is 4.52. The average molecular weight is 170 g/mol. The van der Waals surface area contributed by atoms with Gasteiger partial charge in [0.2, 0.25) is 0 Å². The maximum absolute atomic E-state index is 3.09. The standard InChI is InChI=1S/C13H14/c1-3-8-12(4-2)11-13-9-6-5-7-10-13/h3-6,8-9H,11H2,1-2H3/b8-3-,12-4+. The Morgan fingerprint density at radius 3 is 2.85 bits per heavy atom. The minimum Gasteiger partial charge on any atom is -0.0874 e. The number of hydrogen-bond donors (Lipinski definition) is 0. The van der Waals surface area contributed by atoms with Gasteiger partial charge in [0.05, 0.1) is 0 Å². The van der Waals surface area contributed by atoms with Crippen LogP contribution in [0.4, 0.5) is 0 Å². The van der Waals surface area contributed by atoms with Gasteiger partial charge in [-0.3, -0.25) is 0 Å². The van der Waals surface area contributed by atoms with Crippen molar-refractivity contribution in [1.82, 2.24) is 0 Å². The van der Waals surface area contributed by atoms with E-state index in [-0.39, 0.29) is 0 Å². The first kappa shape index (κ1) is 9.61. The molecule has 1 aromatic carbocycles. The zero-order valence-corrected chi connectivity index (χ0v) is 8.17. The van der Waals surface area contributed by atoms with Crippen molar-refractivity contribution in [3.63, 3.8) is 0 Å². The Labute approximate surface area is 80.6 Å². The molecule has 1 rings (SSSR count). The molecule has 0 spiro atoms. The second-order valence-corrected chi connectivity index (χ2v) is 2.86. The molecule has 0 N–H and O–H groups in total. The van der Waals surface area contributed by atoms with Gasteiger partial charge < -0.3 is 0 Å². The molecule has 0 aromatic heterocycles. The molecule has 0 aliphatic rings. The van der Waals surface area contributed by atoms with Crippen LogP contribution in [0.5, 0.6) is 0 Å². The van der Waals surface area contributed by atoms with E-state index in [1.54, 1.807) is 0 Å². The maximum atomic E-state index is 3.09. The van der Waals surface area contributed by atoms with E-state index in [0.717, 1.165) is 6.42 Å². The Kier molecular flexibility index (Phi) is 3.85. The normalized spacial score (nSPS) is 11.7. The Morgan fingerprint density at radius 2 is 2.31 bits per heavy atom. The van der Waals surface area contributed by atoms with Crippen LogP contribution in [0.1, 0.15) is 19.4 Å².